The fourth-order valence-corrected chi connectivity index (χ4v) is 5.50. The molecule has 1 aliphatic rings. The first-order chi connectivity index (χ1) is 18.3. The van der Waals surface area contributed by atoms with Gasteiger partial charge in [-0.3, -0.25) is 9.59 Å². The summed E-state index contributed by atoms with van der Waals surface area (Å²) in [7, 11) is 0. The first kappa shape index (κ1) is 28.6. The van der Waals surface area contributed by atoms with Gasteiger partial charge in [-0.1, -0.05) is 95.6 Å². The highest BCUT2D eigenvalue weighted by atomic mass is 35.5. The Morgan fingerprint density at radius 3 is 2.21 bits per heavy atom. The SMILES string of the molecule is O=C(NC1CCCC1)[C@H](Cc1ccccc1)N(Cc1ccc(Cl)cc1Cl)C(=O)COc1ccc(Cl)cc1Cl. The van der Waals surface area contributed by atoms with Gasteiger partial charge in [0.25, 0.3) is 5.91 Å². The van der Waals surface area contributed by atoms with Crippen LogP contribution in [0.4, 0.5) is 0 Å². The topological polar surface area (TPSA) is 58.6 Å². The van der Waals surface area contributed by atoms with Crippen molar-refractivity contribution in [2.75, 3.05) is 6.61 Å². The van der Waals surface area contributed by atoms with E-state index in [0.29, 0.717) is 32.8 Å². The van der Waals surface area contributed by atoms with Crippen molar-refractivity contribution in [3.8, 4) is 5.75 Å². The molecule has 2 amide bonds. The zero-order valence-corrected chi connectivity index (χ0v) is 23.7. The molecule has 0 aliphatic heterocycles. The molecule has 38 heavy (non-hydrogen) atoms. The van der Waals surface area contributed by atoms with Crippen LogP contribution in [0.25, 0.3) is 0 Å². The second-order valence-corrected chi connectivity index (χ2v) is 11.0. The van der Waals surface area contributed by atoms with Crippen LogP contribution in [-0.2, 0) is 22.6 Å². The number of amides is 2. The highest BCUT2D eigenvalue weighted by Gasteiger charge is 2.33. The van der Waals surface area contributed by atoms with Crippen LogP contribution in [-0.4, -0.2) is 35.4 Å². The van der Waals surface area contributed by atoms with Gasteiger partial charge in [0, 0.05) is 34.1 Å². The Balaban J connectivity index is 1.64. The van der Waals surface area contributed by atoms with Gasteiger partial charge in [-0.05, 0) is 54.3 Å². The van der Waals surface area contributed by atoms with Gasteiger partial charge < -0.3 is 15.0 Å². The lowest BCUT2D eigenvalue weighted by Crippen LogP contribution is -2.53. The van der Waals surface area contributed by atoms with Gasteiger partial charge in [0.05, 0.1) is 5.02 Å². The number of nitrogens with one attached hydrogen (secondary N) is 1. The Labute approximate surface area is 243 Å². The van der Waals surface area contributed by atoms with E-state index in [1.807, 2.05) is 30.3 Å². The fraction of sp³-hybridized carbons (Fsp3) is 0.310. The van der Waals surface area contributed by atoms with Crippen LogP contribution in [0.3, 0.4) is 0 Å². The van der Waals surface area contributed by atoms with Crippen LogP contribution in [0.5, 0.6) is 5.75 Å². The normalized spacial score (nSPS) is 14.2. The quantitative estimate of drug-likeness (QED) is 0.267. The third kappa shape index (κ3) is 7.79. The summed E-state index contributed by atoms with van der Waals surface area (Å²) in [5, 5.41) is 4.81. The van der Waals surface area contributed by atoms with E-state index >= 15 is 0 Å². The van der Waals surface area contributed by atoms with Crippen molar-refractivity contribution in [2.45, 2.75) is 50.7 Å². The summed E-state index contributed by atoms with van der Waals surface area (Å²) in [5.74, 6) is -0.267. The predicted molar refractivity (Wildman–Crippen MR) is 153 cm³/mol. The van der Waals surface area contributed by atoms with Crippen LogP contribution >= 0.6 is 46.4 Å². The van der Waals surface area contributed by atoms with Crippen LogP contribution < -0.4 is 10.1 Å². The number of carbonyl (C=O) groups excluding carboxylic acids is 2. The Hall–Kier alpha value is -2.44. The summed E-state index contributed by atoms with van der Waals surface area (Å²) in [6, 6.07) is 18.8. The number of halogens is 4. The van der Waals surface area contributed by atoms with E-state index in [1.54, 1.807) is 36.4 Å². The highest BCUT2D eigenvalue weighted by Crippen LogP contribution is 2.28. The van der Waals surface area contributed by atoms with Crippen molar-refractivity contribution in [1.82, 2.24) is 10.2 Å². The summed E-state index contributed by atoms with van der Waals surface area (Å²) >= 11 is 24.8. The standard InChI is InChI=1S/C29H28Cl4N2O3/c30-21-11-10-20(24(32)15-21)17-35(28(36)18-38-27-13-12-22(31)16-25(27)33)26(14-19-6-2-1-3-7-19)29(37)34-23-8-4-5-9-23/h1-3,6-7,10-13,15-16,23,26H,4-5,8-9,14,17-18H2,(H,34,37)/t26-/m0/s1. The van der Waals surface area contributed by atoms with Gasteiger partial charge in [0.1, 0.15) is 11.8 Å². The summed E-state index contributed by atoms with van der Waals surface area (Å²) in [6.07, 6.45) is 4.34. The zero-order valence-electron chi connectivity index (χ0n) is 20.6. The Kier molecular flexibility index (Phi) is 10.2. The average Bonchev–Trinajstić information content (AvgIpc) is 3.40. The summed E-state index contributed by atoms with van der Waals surface area (Å²) < 4.78 is 5.77. The minimum absolute atomic E-state index is 0.0981. The van der Waals surface area contributed by atoms with E-state index in [9.17, 15) is 9.59 Å². The van der Waals surface area contributed by atoms with E-state index in [1.165, 1.54) is 4.90 Å². The molecule has 1 atom stereocenters. The first-order valence-corrected chi connectivity index (χ1v) is 14.0. The fourth-order valence-electron chi connectivity index (χ4n) is 4.57. The molecule has 0 heterocycles. The Bertz CT molecular complexity index is 1270. The van der Waals surface area contributed by atoms with Gasteiger partial charge >= 0.3 is 0 Å². The molecule has 0 spiro atoms. The number of ether oxygens (including phenoxy) is 1. The maximum atomic E-state index is 13.7. The van der Waals surface area contributed by atoms with E-state index in [0.717, 1.165) is 31.2 Å². The third-order valence-electron chi connectivity index (χ3n) is 6.57. The van der Waals surface area contributed by atoms with Crippen LogP contribution in [0.1, 0.15) is 36.8 Å². The maximum Gasteiger partial charge on any atom is 0.261 e. The molecule has 1 fully saturated rings. The molecule has 1 saturated carbocycles. The van der Waals surface area contributed by atoms with Crippen molar-refractivity contribution in [2.24, 2.45) is 0 Å². The molecule has 0 unspecified atom stereocenters. The predicted octanol–water partition coefficient (Wildman–Crippen LogP) is 7.38. The minimum Gasteiger partial charge on any atom is -0.482 e. The van der Waals surface area contributed by atoms with Gasteiger partial charge in [0.15, 0.2) is 6.61 Å². The lowest BCUT2D eigenvalue weighted by molar-refractivity contribution is -0.143. The van der Waals surface area contributed by atoms with Crippen LogP contribution in [0.2, 0.25) is 20.1 Å². The number of nitrogens with zero attached hydrogens (tertiary/aromatic N) is 1. The lowest BCUT2D eigenvalue weighted by Gasteiger charge is -2.32. The van der Waals surface area contributed by atoms with Gasteiger partial charge in [-0.25, -0.2) is 0 Å². The van der Waals surface area contributed by atoms with Crippen molar-refractivity contribution in [3.05, 3.63) is 97.9 Å². The molecule has 1 aliphatic carbocycles. The molecule has 0 bridgehead atoms. The van der Waals surface area contributed by atoms with Crippen LogP contribution in [0.15, 0.2) is 66.7 Å². The van der Waals surface area contributed by atoms with E-state index in [-0.39, 0.29) is 36.0 Å². The molecule has 0 aromatic heterocycles. The monoisotopic (exact) mass is 592 g/mol. The van der Waals surface area contributed by atoms with Crippen molar-refractivity contribution >= 4 is 58.2 Å². The number of rotatable bonds is 10. The molecule has 0 saturated heterocycles. The molecule has 3 aromatic carbocycles. The smallest absolute Gasteiger partial charge is 0.261 e. The molecular weight excluding hydrogens is 566 g/mol. The highest BCUT2D eigenvalue weighted by molar-refractivity contribution is 6.35. The Morgan fingerprint density at radius 2 is 1.55 bits per heavy atom. The molecule has 9 heteroatoms. The second-order valence-electron chi connectivity index (χ2n) is 9.32. The third-order valence-corrected chi connectivity index (χ3v) is 7.69. The molecule has 3 aromatic rings. The number of hydrogen-bond donors (Lipinski definition) is 1. The van der Waals surface area contributed by atoms with Gasteiger partial charge in [0.2, 0.25) is 5.91 Å². The molecular formula is C29H28Cl4N2O3. The largest absolute Gasteiger partial charge is 0.482 e. The van der Waals surface area contributed by atoms with Crippen molar-refractivity contribution in [3.63, 3.8) is 0 Å². The molecule has 200 valence electrons. The zero-order chi connectivity index (χ0) is 27.1. The van der Waals surface area contributed by atoms with Crippen molar-refractivity contribution in [1.29, 1.82) is 0 Å². The van der Waals surface area contributed by atoms with E-state index < -0.39 is 6.04 Å². The average molecular weight is 594 g/mol. The summed E-state index contributed by atoms with van der Waals surface area (Å²) in [5.41, 5.74) is 1.60. The molecule has 4 rings (SSSR count). The second kappa shape index (κ2) is 13.6. The number of hydrogen-bond acceptors (Lipinski definition) is 3. The first-order valence-electron chi connectivity index (χ1n) is 12.5. The van der Waals surface area contributed by atoms with Crippen LogP contribution in [0, 0.1) is 0 Å². The van der Waals surface area contributed by atoms with Gasteiger partial charge in [-0.2, -0.15) is 0 Å². The van der Waals surface area contributed by atoms with E-state index in [2.05, 4.69) is 5.32 Å². The maximum absolute atomic E-state index is 13.7. The molecule has 1 N–H and O–H groups in total. The molecule has 0 radical (unpaired) electrons. The lowest BCUT2D eigenvalue weighted by atomic mass is 10.0. The van der Waals surface area contributed by atoms with Gasteiger partial charge in [-0.15, -0.1) is 0 Å². The molecule has 5 nitrogen and oxygen atoms in total. The van der Waals surface area contributed by atoms with Crippen molar-refractivity contribution < 1.29 is 14.3 Å². The summed E-state index contributed by atoms with van der Waals surface area (Å²) in [6.45, 7) is -0.226. The van der Waals surface area contributed by atoms with E-state index in [4.69, 9.17) is 51.1 Å². The number of carbonyl (C=O) groups is 2. The summed E-state index contributed by atoms with van der Waals surface area (Å²) in [4.78, 5) is 29.0. The number of benzene rings is 3. The minimum atomic E-state index is -0.790. The Morgan fingerprint density at radius 1 is 0.895 bits per heavy atom.